The molecule has 120 valence electrons. The highest BCUT2D eigenvalue weighted by atomic mass is 35.5. The van der Waals surface area contributed by atoms with Crippen molar-refractivity contribution in [3.63, 3.8) is 0 Å². The van der Waals surface area contributed by atoms with E-state index in [-0.39, 0.29) is 30.9 Å². The molecular formula is C14H20ClF3N2O. The number of nitrogens with two attached hydrogens (primary N) is 1. The molecule has 0 aliphatic heterocycles. The monoisotopic (exact) mass is 324 g/mol. The summed E-state index contributed by atoms with van der Waals surface area (Å²) in [5, 5.41) is 0. The van der Waals surface area contributed by atoms with E-state index >= 15 is 0 Å². The van der Waals surface area contributed by atoms with Gasteiger partial charge in [-0.1, -0.05) is 12.1 Å². The number of nitrogens with zero attached hydrogens (tertiary/aromatic N) is 1. The summed E-state index contributed by atoms with van der Waals surface area (Å²) in [6.07, 6.45) is -3.51. The van der Waals surface area contributed by atoms with E-state index in [2.05, 4.69) is 0 Å². The first kappa shape index (κ1) is 19.7. The van der Waals surface area contributed by atoms with Gasteiger partial charge in [-0.15, -0.1) is 12.4 Å². The van der Waals surface area contributed by atoms with Gasteiger partial charge in [-0.3, -0.25) is 4.79 Å². The van der Waals surface area contributed by atoms with E-state index < -0.39 is 11.7 Å². The SMILES string of the molecule is CC(N)CCC(=O)N(C)Cc1cccc(C(F)(F)F)c1.Cl. The summed E-state index contributed by atoms with van der Waals surface area (Å²) >= 11 is 0. The molecule has 0 saturated carbocycles. The van der Waals surface area contributed by atoms with Crippen LogP contribution in [0.2, 0.25) is 0 Å². The molecule has 1 amide bonds. The molecule has 2 N–H and O–H groups in total. The van der Waals surface area contributed by atoms with Crippen LogP contribution >= 0.6 is 12.4 Å². The fourth-order valence-electron chi connectivity index (χ4n) is 1.75. The normalized spacial score (nSPS) is 12.5. The van der Waals surface area contributed by atoms with Gasteiger partial charge in [0, 0.05) is 26.1 Å². The standard InChI is InChI=1S/C14H19F3N2O.ClH/c1-10(18)6-7-13(20)19(2)9-11-4-3-5-12(8-11)14(15,16)17;/h3-5,8,10H,6-7,9,18H2,1-2H3;1H. The molecule has 0 aromatic heterocycles. The quantitative estimate of drug-likeness (QED) is 0.904. The Morgan fingerprint density at radius 1 is 1.38 bits per heavy atom. The highest BCUT2D eigenvalue weighted by molar-refractivity contribution is 5.85. The molecule has 0 spiro atoms. The van der Waals surface area contributed by atoms with Crippen LogP contribution in [0.3, 0.4) is 0 Å². The molecule has 1 atom stereocenters. The lowest BCUT2D eigenvalue weighted by Gasteiger charge is -2.18. The van der Waals surface area contributed by atoms with Crippen molar-refractivity contribution >= 4 is 18.3 Å². The number of rotatable bonds is 5. The van der Waals surface area contributed by atoms with E-state index in [0.29, 0.717) is 18.4 Å². The average Bonchev–Trinajstić information content (AvgIpc) is 2.35. The molecule has 1 aromatic carbocycles. The zero-order valence-electron chi connectivity index (χ0n) is 12.0. The molecular weight excluding hydrogens is 305 g/mol. The zero-order chi connectivity index (χ0) is 15.3. The highest BCUT2D eigenvalue weighted by Gasteiger charge is 2.30. The van der Waals surface area contributed by atoms with Crippen LogP contribution in [0.5, 0.6) is 0 Å². The van der Waals surface area contributed by atoms with E-state index in [9.17, 15) is 18.0 Å². The zero-order valence-corrected chi connectivity index (χ0v) is 12.8. The topological polar surface area (TPSA) is 46.3 Å². The van der Waals surface area contributed by atoms with Gasteiger partial charge in [-0.2, -0.15) is 13.2 Å². The van der Waals surface area contributed by atoms with Gasteiger partial charge in [0.25, 0.3) is 0 Å². The summed E-state index contributed by atoms with van der Waals surface area (Å²) in [5.74, 6) is -0.125. The van der Waals surface area contributed by atoms with Gasteiger partial charge in [0.15, 0.2) is 0 Å². The molecule has 7 heteroatoms. The fourth-order valence-corrected chi connectivity index (χ4v) is 1.75. The molecule has 0 aliphatic rings. The van der Waals surface area contributed by atoms with Crippen molar-refractivity contribution < 1.29 is 18.0 Å². The largest absolute Gasteiger partial charge is 0.416 e. The van der Waals surface area contributed by atoms with Gasteiger partial charge in [-0.05, 0) is 31.0 Å². The van der Waals surface area contributed by atoms with Crippen molar-refractivity contribution in [2.45, 2.75) is 38.5 Å². The van der Waals surface area contributed by atoms with Crippen LogP contribution in [0.1, 0.15) is 30.9 Å². The van der Waals surface area contributed by atoms with Crippen LogP contribution in [-0.2, 0) is 17.5 Å². The van der Waals surface area contributed by atoms with Crippen molar-refractivity contribution in [2.24, 2.45) is 5.73 Å². The molecule has 0 radical (unpaired) electrons. The molecule has 0 fully saturated rings. The number of alkyl halides is 3. The van der Waals surface area contributed by atoms with Gasteiger partial charge in [-0.25, -0.2) is 0 Å². The maximum Gasteiger partial charge on any atom is 0.416 e. The number of carbonyl (C=O) groups is 1. The van der Waals surface area contributed by atoms with Crippen molar-refractivity contribution in [3.05, 3.63) is 35.4 Å². The number of hydrogen-bond donors (Lipinski definition) is 1. The Labute approximate surface area is 128 Å². The third kappa shape index (κ3) is 6.82. The number of carbonyl (C=O) groups excluding carboxylic acids is 1. The Kier molecular flexibility index (Phi) is 7.74. The number of benzene rings is 1. The smallest absolute Gasteiger partial charge is 0.341 e. The van der Waals surface area contributed by atoms with Crippen LogP contribution in [0.4, 0.5) is 13.2 Å². The van der Waals surface area contributed by atoms with Gasteiger partial charge in [0.1, 0.15) is 0 Å². The first-order valence-electron chi connectivity index (χ1n) is 6.36. The molecule has 3 nitrogen and oxygen atoms in total. The first-order valence-corrected chi connectivity index (χ1v) is 6.36. The van der Waals surface area contributed by atoms with Crippen molar-refractivity contribution in [2.75, 3.05) is 7.05 Å². The minimum Gasteiger partial charge on any atom is -0.341 e. The molecule has 1 unspecified atom stereocenters. The Morgan fingerprint density at radius 3 is 2.52 bits per heavy atom. The van der Waals surface area contributed by atoms with Crippen LogP contribution in [0.25, 0.3) is 0 Å². The second-order valence-corrected chi connectivity index (χ2v) is 4.96. The fraction of sp³-hybridized carbons (Fsp3) is 0.500. The average molecular weight is 325 g/mol. The van der Waals surface area contributed by atoms with E-state index in [0.717, 1.165) is 12.1 Å². The molecule has 21 heavy (non-hydrogen) atoms. The second kappa shape index (κ2) is 8.24. The minimum absolute atomic E-state index is 0. The molecule has 0 heterocycles. The number of halogens is 4. The summed E-state index contributed by atoms with van der Waals surface area (Å²) in [7, 11) is 1.57. The Bertz CT molecular complexity index is 464. The van der Waals surface area contributed by atoms with Crippen LogP contribution < -0.4 is 5.73 Å². The molecule has 1 aromatic rings. The number of hydrogen-bond acceptors (Lipinski definition) is 2. The molecule has 0 aliphatic carbocycles. The highest BCUT2D eigenvalue weighted by Crippen LogP contribution is 2.29. The molecule has 1 rings (SSSR count). The van der Waals surface area contributed by atoms with E-state index in [1.165, 1.54) is 11.0 Å². The van der Waals surface area contributed by atoms with E-state index in [1.807, 2.05) is 0 Å². The van der Waals surface area contributed by atoms with Gasteiger partial charge >= 0.3 is 6.18 Å². The summed E-state index contributed by atoms with van der Waals surface area (Å²) in [4.78, 5) is 13.2. The Balaban J connectivity index is 0.00000400. The Hall–Kier alpha value is -1.27. The predicted molar refractivity (Wildman–Crippen MR) is 78.0 cm³/mol. The maximum atomic E-state index is 12.6. The molecule has 0 saturated heterocycles. The third-order valence-corrected chi connectivity index (χ3v) is 2.91. The summed E-state index contributed by atoms with van der Waals surface area (Å²) in [5.41, 5.74) is 5.32. The second-order valence-electron chi connectivity index (χ2n) is 4.96. The third-order valence-electron chi connectivity index (χ3n) is 2.91. The predicted octanol–water partition coefficient (Wildman–Crippen LogP) is 3.21. The van der Waals surface area contributed by atoms with Crippen LogP contribution in [0, 0.1) is 0 Å². The van der Waals surface area contributed by atoms with Crippen molar-refractivity contribution in [3.8, 4) is 0 Å². The lowest BCUT2D eigenvalue weighted by molar-refractivity contribution is -0.137. The van der Waals surface area contributed by atoms with Crippen LogP contribution in [0.15, 0.2) is 24.3 Å². The lowest BCUT2D eigenvalue weighted by Crippen LogP contribution is -2.28. The van der Waals surface area contributed by atoms with Gasteiger partial charge < -0.3 is 10.6 Å². The summed E-state index contributed by atoms with van der Waals surface area (Å²) in [6, 6.07) is 4.93. The first-order chi connectivity index (χ1) is 9.20. The maximum absolute atomic E-state index is 12.6. The minimum atomic E-state index is -4.37. The van der Waals surface area contributed by atoms with Crippen molar-refractivity contribution in [1.82, 2.24) is 4.90 Å². The van der Waals surface area contributed by atoms with Crippen LogP contribution in [-0.4, -0.2) is 23.9 Å². The Morgan fingerprint density at radius 2 is 2.00 bits per heavy atom. The lowest BCUT2D eigenvalue weighted by atomic mass is 10.1. The van der Waals surface area contributed by atoms with Gasteiger partial charge in [0.2, 0.25) is 5.91 Å². The summed E-state index contributed by atoms with van der Waals surface area (Å²) < 4.78 is 37.7. The van der Waals surface area contributed by atoms with E-state index in [1.54, 1.807) is 20.0 Å². The van der Waals surface area contributed by atoms with E-state index in [4.69, 9.17) is 5.73 Å². The van der Waals surface area contributed by atoms with Crippen molar-refractivity contribution in [1.29, 1.82) is 0 Å². The number of amides is 1. The summed E-state index contributed by atoms with van der Waals surface area (Å²) in [6.45, 7) is 1.96. The van der Waals surface area contributed by atoms with Gasteiger partial charge in [0.05, 0.1) is 5.56 Å². The molecule has 0 bridgehead atoms.